The second kappa shape index (κ2) is 10.6. The molecule has 1 aliphatic heterocycles. The zero-order valence-electron chi connectivity index (χ0n) is 17.7. The lowest BCUT2D eigenvalue weighted by Crippen LogP contribution is -2.45. The van der Waals surface area contributed by atoms with Crippen LogP contribution in [0.2, 0.25) is 0 Å². The molecule has 1 aliphatic carbocycles. The number of ether oxygens (including phenoxy) is 2. The average Bonchev–Trinajstić information content (AvgIpc) is 3.39. The molecule has 0 bridgehead atoms. The van der Waals surface area contributed by atoms with E-state index in [2.05, 4.69) is 22.5 Å². The van der Waals surface area contributed by atoms with Gasteiger partial charge in [-0.15, -0.1) is 0 Å². The maximum Gasteiger partial charge on any atom is 0.191 e. The molecule has 2 fully saturated rings. The molecule has 156 valence electrons. The minimum Gasteiger partial charge on any atom is -0.497 e. The van der Waals surface area contributed by atoms with E-state index >= 15 is 0 Å². The second-order valence-electron chi connectivity index (χ2n) is 7.75. The van der Waals surface area contributed by atoms with Crippen LogP contribution in [-0.4, -0.2) is 63.3 Å². The summed E-state index contributed by atoms with van der Waals surface area (Å²) in [6, 6.07) is 7.22. The molecule has 0 amide bonds. The Morgan fingerprint density at radius 2 is 2.00 bits per heavy atom. The van der Waals surface area contributed by atoms with Crippen LogP contribution in [0.3, 0.4) is 0 Å². The predicted molar refractivity (Wildman–Crippen MR) is 115 cm³/mol. The highest BCUT2D eigenvalue weighted by Gasteiger charge is 2.30. The quantitative estimate of drug-likeness (QED) is 0.530. The molecule has 28 heavy (non-hydrogen) atoms. The summed E-state index contributed by atoms with van der Waals surface area (Å²) in [4.78, 5) is 7.48. The van der Waals surface area contributed by atoms with Crippen LogP contribution in [-0.2, 0) is 6.42 Å². The van der Waals surface area contributed by atoms with Gasteiger partial charge < -0.3 is 20.1 Å². The van der Waals surface area contributed by atoms with E-state index in [1.807, 2.05) is 18.2 Å². The van der Waals surface area contributed by atoms with Gasteiger partial charge in [0.15, 0.2) is 5.96 Å². The van der Waals surface area contributed by atoms with Gasteiger partial charge in [0.05, 0.1) is 14.2 Å². The van der Waals surface area contributed by atoms with Gasteiger partial charge in [0.2, 0.25) is 0 Å². The Hall–Kier alpha value is -1.95. The van der Waals surface area contributed by atoms with Gasteiger partial charge in [-0.1, -0.05) is 12.8 Å². The van der Waals surface area contributed by atoms with Gasteiger partial charge in [0.1, 0.15) is 11.5 Å². The molecule has 1 aromatic rings. The zero-order valence-corrected chi connectivity index (χ0v) is 17.7. The highest BCUT2D eigenvalue weighted by atomic mass is 16.5. The van der Waals surface area contributed by atoms with E-state index in [1.54, 1.807) is 14.2 Å². The minimum atomic E-state index is 0.491. The summed E-state index contributed by atoms with van der Waals surface area (Å²) in [6.07, 6.45) is 7.57. The van der Waals surface area contributed by atoms with Crippen molar-refractivity contribution in [2.24, 2.45) is 4.99 Å². The molecule has 2 aliphatic rings. The number of benzene rings is 1. The molecule has 1 aromatic carbocycles. The molecule has 0 radical (unpaired) electrons. The average molecular weight is 389 g/mol. The first-order valence-corrected chi connectivity index (χ1v) is 10.7. The normalized spacial score (nSPS) is 21.1. The number of aliphatic imine (C=N–C) groups is 1. The van der Waals surface area contributed by atoms with Crippen LogP contribution in [0, 0.1) is 0 Å². The van der Waals surface area contributed by atoms with Gasteiger partial charge in [-0.3, -0.25) is 9.89 Å². The molecule has 0 aromatic heterocycles. The van der Waals surface area contributed by atoms with Gasteiger partial charge in [-0.2, -0.15) is 0 Å². The first-order valence-electron chi connectivity index (χ1n) is 10.7. The number of nitrogens with zero attached hydrogens (tertiary/aromatic N) is 2. The Kier molecular flexibility index (Phi) is 7.83. The largest absolute Gasteiger partial charge is 0.497 e. The highest BCUT2D eigenvalue weighted by Crippen LogP contribution is 2.26. The summed E-state index contributed by atoms with van der Waals surface area (Å²) in [6.45, 7) is 6.04. The lowest BCUT2D eigenvalue weighted by molar-refractivity contribution is 0.242. The lowest BCUT2D eigenvalue weighted by Gasteiger charge is -2.24. The van der Waals surface area contributed by atoms with Crippen LogP contribution >= 0.6 is 0 Å². The van der Waals surface area contributed by atoms with Crippen LogP contribution < -0.4 is 20.1 Å². The number of guanidine groups is 1. The highest BCUT2D eigenvalue weighted by molar-refractivity contribution is 5.80. The SMILES string of the molecule is CCNC(=NCCc1cc(OC)ccc1OC)NC1CCN(C2CCCC2)C1. The molecular formula is C22H36N4O2. The van der Waals surface area contributed by atoms with Crippen LogP contribution in [0.15, 0.2) is 23.2 Å². The van der Waals surface area contributed by atoms with Gasteiger partial charge in [-0.05, 0) is 56.4 Å². The molecule has 3 rings (SSSR count). The fraction of sp³-hybridized carbons (Fsp3) is 0.682. The summed E-state index contributed by atoms with van der Waals surface area (Å²) >= 11 is 0. The van der Waals surface area contributed by atoms with Gasteiger partial charge in [0, 0.05) is 38.3 Å². The number of rotatable bonds is 8. The van der Waals surface area contributed by atoms with Crippen molar-refractivity contribution >= 4 is 5.96 Å². The Bertz CT molecular complexity index is 643. The number of likely N-dealkylation sites (tertiary alicyclic amines) is 1. The minimum absolute atomic E-state index is 0.491. The van der Waals surface area contributed by atoms with Crippen molar-refractivity contribution in [2.75, 3.05) is 40.4 Å². The zero-order chi connectivity index (χ0) is 19.8. The molecule has 6 heteroatoms. The van der Waals surface area contributed by atoms with Crippen molar-refractivity contribution in [2.45, 2.75) is 57.5 Å². The lowest BCUT2D eigenvalue weighted by atomic mass is 10.1. The van der Waals surface area contributed by atoms with E-state index in [4.69, 9.17) is 14.5 Å². The van der Waals surface area contributed by atoms with Crippen molar-refractivity contribution in [1.29, 1.82) is 0 Å². The van der Waals surface area contributed by atoms with Gasteiger partial charge in [-0.25, -0.2) is 0 Å². The number of hydrogen-bond acceptors (Lipinski definition) is 4. The standard InChI is InChI=1S/C22H36N4O2/c1-4-23-22(25-18-12-14-26(16-18)19-7-5-6-8-19)24-13-11-17-15-20(27-2)9-10-21(17)28-3/h9-10,15,18-19H,4-8,11-14,16H2,1-3H3,(H2,23,24,25). The summed E-state index contributed by atoms with van der Waals surface area (Å²) < 4.78 is 10.8. The fourth-order valence-electron chi connectivity index (χ4n) is 4.38. The Morgan fingerprint density at radius 3 is 2.71 bits per heavy atom. The molecule has 1 saturated heterocycles. The van der Waals surface area contributed by atoms with E-state index < -0.39 is 0 Å². The third-order valence-electron chi connectivity index (χ3n) is 5.88. The molecule has 2 N–H and O–H groups in total. The monoisotopic (exact) mass is 388 g/mol. The van der Waals surface area contributed by atoms with Crippen LogP contribution in [0.4, 0.5) is 0 Å². The predicted octanol–water partition coefficient (Wildman–Crippen LogP) is 2.82. The van der Waals surface area contributed by atoms with Crippen LogP contribution in [0.25, 0.3) is 0 Å². The van der Waals surface area contributed by atoms with Crippen molar-refractivity contribution in [1.82, 2.24) is 15.5 Å². The third kappa shape index (κ3) is 5.53. The Balaban J connectivity index is 1.54. The second-order valence-corrected chi connectivity index (χ2v) is 7.75. The van der Waals surface area contributed by atoms with E-state index in [9.17, 15) is 0 Å². The molecular weight excluding hydrogens is 352 g/mol. The maximum atomic E-state index is 5.48. The van der Waals surface area contributed by atoms with Crippen molar-refractivity contribution in [3.05, 3.63) is 23.8 Å². The summed E-state index contributed by atoms with van der Waals surface area (Å²) in [7, 11) is 3.39. The van der Waals surface area contributed by atoms with E-state index in [-0.39, 0.29) is 0 Å². The first kappa shape index (κ1) is 20.8. The molecule has 1 atom stereocenters. The third-order valence-corrected chi connectivity index (χ3v) is 5.88. The van der Waals surface area contributed by atoms with E-state index in [1.165, 1.54) is 38.6 Å². The van der Waals surface area contributed by atoms with E-state index in [0.29, 0.717) is 12.6 Å². The summed E-state index contributed by atoms with van der Waals surface area (Å²) in [5.74, 6) is 2.65. The fourth-order valence-corrected chi connectivity index (χ4v) is 4.38. The Labute approximate surface area is 169 Å². The molecule has 6 nitrogen and oxygen atoms in total. The Morgan fingerprint density at radius 1 is 1.18 bits per heavy atom. The van der Waals surface area contributed by atoms with E-state index in [0.717, 1.165) is 48.6 Å². The van der Waals surface area contributed by atoms with Crippen LogP contribution in [0.1, 0.15) is 44.6 Å². The number of methoxy groups -OCH3 is 2. The maximum absolute atomic E-state index is 5.48. The summed E-state index contributed by atoms with van der Waals surface area (Å²) in [5, 5.41) is 7.04. The molecule has 1 heterocycles. The number of nitrogens with one attached hydrogen (secondary N) is 2. The number of hydrogen-bond donors (Lipinski definition) is 2. The van der Waals surface area contributed by atoms with Crippen LogP contribution in [0.5, 0.6) is 11.5 Å². The van der Waals surface area contributed by atoms with Crippen molar-refractivity contribution < 1.29 is 9.47 Å². The smallest absolute Gasteiger partial charge is 0.191 e. The van der Waals surface area contributed by atoms with Gasteiger partial charge in [0.25, 0.3) is 0 Å². The first-order chi connectivity index (χ1) is 13.7. The molecule has 0 spiro atoms. The van der Waals surface area contributed by atoms with Crippen molar-refractivity contribution in [3.63, 3.8) is 0 Å². The molecule has 1 saturated carbocycles. The van der Waals surface area contributed by atoms with Gasteiger partial charge >= 0.3 is 0 Å². The van der Waals surface area contributed by atoms with Crippen molar-refractivity contribution in [3.8, 4) is 11.5 Å². The summed E-state index contributed by atoms with van der Waals surface area (Å²) in [5.41, 5.74) is 1.12. The topological polar surface area (TPSA) is 58.1 Å². The molecule has 1 unspecified atom stereocenters.